The van der Waals surface area contributed by atoms with Crippen molar-refractivity contribution in [2.75, 3.05) is 13.1 Å². The summed E-state index contributed by atoms with van der Waals surface area (Å²) in [6.07, 6.45) is 2.78. The fourth-order valence-corrected chi connectivity index (χ4v) is 1.58. The molecule has 1 aliphatic heterocycles. The molecule has 0 amide bonds. The molecule has 1 heterocycles. The molecule has 0 spiro atoms. The largest absolute Gasteiger partial charge is 0.316 e. The van der Waals surface area contributed by atoms with E-state index in [1.807, 2.05) is 0 Å². The zero-order chi connectivity index (χ0) is 6.69. The Morgan fingerprint density at radius 1 is 1.22 bits per heavy atom. The Morgan fingerprint density at radius 2 is 2.00 bits per heavy atom. The monoisotopic (exact) mass is 127 g/mol. The molecule has 0 unspecified atom stereocenters. The van der Waals surface area contributed by atoms with Crippen LogP contribution in [0.4, 0.5) is 0 Å². The van der Waals surface area contributed by atoms with Crippen molar-refractivity contribution in [1.29, 1.82) is 0 Å². The third-order valence-electron chi connectivity index (χ3n) is 2.11. The van der Waals surface area contributed by atoms with E-state index in [9.17, 15) is 0 Å². The Hall–Kier alpha value is -0.0400. The summed E-state index contributed by atoms with van der Waals surface area (Å²) in [6, 6.07) is 0. The van der Waals surface area contributed by atoms with Gasteiger partial charge in [-0.3, -0.25) is 0 Å². The summed E-state index contributed by atoms with van der Waals surface area (Å²) < 4.78 is 0. The average Bonchev–Trinajstić information content (AvgIpc) is 1.93. The Morgan fingerprint density at radius 3 is 2.78 bits per heavy atom. The van der Waals surface area contributed by atoms with E-state index in [0.717, 1.165) is 11.8 Å². The van der Waals surface area contributed by atoms with Gasteiger partial charge in [-0.2, -0.15) is 0 Å². The second kappa shape index (κ2) is 3.21. The van der Waals surface area contributed by atoms with Gasteiger partial charge in [0, 0.05) is 0 Å². The maximum absolute atomic E-state index is 3.43. The van der Waals surface area contributed by atoms with Crippen molar-refractivity contribution in [3.63, 3.8) is 0 Å². The van der Waals surface area contributed by atoms with E-state index < -0.39 is 0 Å². The van der Waals surface area contributed by atoms with Crippen LogP contribution in [-0.2, 0) is 0 Å². The van der Waals surface area contributed by atoms with Crippen molar-refractivity contribution in [2.24, 2.45) is 11.8 Å². The summed E-state index contributed by atoms with van der Waals surface area (Å²) in [5, 5.41) is 3.43. The van der Waals surface area contributed by atoms with Gasteiger partial charge in [-0.05, 0) is 37.8 Å². The van der Waals surface area contributed by atoms with Crippen LogP contribution in [0.1, 0.15) is 26.7 Å². The molecule has 9 heavy (non-hydrogen) atoms. The van der Waals surface area contributed by atoms with Crippen molar-refractivity contribution in [2.45, 2.75) is 26.7 Å². The predicted molar refractivity (Wildman–Crippen MR) is 40.4 cm³/mol. The first-order chi connectivity index (χ1) is 4.29. The minimum absolute atomic E-state index is 0.891. The molecule has 1 saturated heterocycles. The number of hydrogen-bond donors (Lipinski definition) is 1. The number of hydrogen-bond acceptors (Lipinski definition) is 1. The second-order valence-electron chi connectivity index (χ2n) is 3.44. The Balaban J connectivity index is 2.29. The van der Waals surface area contributed by atoms with Crippen molar-refractivity contribution in [3.8, 4) is 0 Å². The SMILES string of the molecule is C[C@H]1CCNC[C@H](C)C1. The normalized spacial score (nSPS) is 38.0. The molecule has 0 aromatic heterocycles. The molecule has 0 radical (unpaired) electrons. The Labute approximate surface area is 57.8 Å². The standard InChI is InChI=1S/C8H17N/c1-7-3-4-9-6-8(2)5-7/h7-9H,3-6H2,1-2H3/t7-,8+/m0/s1. The molecule has 0 aliphatic carbocycles. The minimum atomic E-state index is 0.891. The quantitative estimate of drug-likeness (QED) is 0.521. The zero-order valence-electron chi connectivity index (χ0n) is 6.48. The summed E-state index contributed by atoms with van der Waals surface area (Å²) in [7, 11) is 0. The van der Waals surface area contributed by atoms with Gasteiger partial charge in [0.1, 0.15) is 0 Å². The summed E-state index contributed by atoms with van der Waals surface area (Å²) in [5.74, 6) is 1.83. The van der Waals surface area contributed by atoms with Crippen LogP contribution in [0.5, 0.6) is 0 Å². The summed E-state index contributed by atoms with van der Waals surface area (Å²) >= 11 is 0. The van der Waals surface area contributed by atoms with Gasteiger partial charge >= 0.3 is 0 Å². The van der Waals surface area contributed by atoms with Crippen LogP contribution in [0.3, 0.4) is 0 Å². The molecule has 1 heteroatoms. The topological polar surface area (TPSA) is 12.0 Å². The predicted octanol–water partition coefficient (Wildman–Crippen LogP) is 1.64. The molecular formula is C8H17N. The van der Waals surface area contributed by atoms with Gasteiger partial charge in [0.2, 0.25) is 0 Å². The van der Waals surface area contributed by atoms with E-state index in [1.165, 1.54) is 25.9 Å². The molecule has 2 atom stereocenters. The molecule has 0 aromatic carbocycles. The van der Waals surface area contributed by atoms with Crippen LogP contribution >= 0.6 is 0 Å². The molecule has 54 valence electrons. The third-order valence-corrected chi connectivity index (χ3v) is 2.11. The van der Waals surface area contributed by atoms with Gasteiger partial charge in [-0.25, -0.2) is 0 Å². The highest BCUT2D eigenvalue weighted by Gasteiger charge is 2.11. The summed E-state index contributed by atoms with van der Waals surface area (Å²) in [4.78, 5) is 0. The first-order valence-corrected chi connectivity index (χ1v) is 3.99. The van der Waals surface area contributed by atoms with E-state index in [-0.39, 0.29) is 0 Å². The first-order valence-electron chi connectivity index (χ1n) is 3.99. The van der Waals surface area contributed by atoms with E-state index in [2.05, 4.69) is 19.2 Å². The molecule has 1 aliphatic rings. The maximum Gasteiger partial charge on any atom is -0.00231 e. The summed E-state index contributed by atoms with van der Waals surface area (Å²) in [6.45, 7) is 7.13. The molecular weight excluding hydrogens is 110 g/mol. The van der Waals surface area contributed by atoms with Gasteiger partial charge in [-0.1, -0.05) is 13.8 Å². The molecule has 1 fully saturated rings. The van der Waals surface area contributed by atoms with Gasteiger partial charge in [0.25, 0.3) is 0 Å². The lowest BCUT2D eigenvalue weighted by Gasteiger charge is -2.09. The van der Waals surface area contributed by atoms with Crippen molar-refractivity contribution in [3.05, 3.63) is 0 Å². The third kappa shape index (κ3) is 2.35. The van der Waals surface area contributed by atoms with Crippen LogP contribution in [0.25, 0.3) is 0 Å². The number of rotatable bonds is 0. The van der Waals surface area contributed by atoms with Gasteiger partial charge in [-0.15, -0.1) is 0 Å². The van der Waals surface area contributed by atoms with E-state index in [4.69, 9.17) is 0 Å². The van der Waals surface area contributed by atoms with Crippen LogP contribution in [0, 0.1) is 11.8 Å². The van der Waals surface area contributed by atoms with Crippen LogP contribution < -0.4 is 5.32 Å². The molecule has 1 nitrogen and oxygen atoms in total. The molecule has 0 bridgehead atoms. The highest BCUT2D eigenvalue weighted by Crippen LogP contribution is 2.16. The average molecular weight is 127 g/mol. The fourth-order valence-electron chi connectivity index (χ4n) is 1.58. The van der Waals surface area contributed by atoms with E-state index in [1.54, 1.807) is 0 Å². The molecule has 0 saturated carbocycles. The van der Waals surface area contributed by atoms with Crippen LogP contribution in [0.15, 0.2) is 0 Å². The van der Waals surface area contributed by atoms with Crippen molar-refractivity contribution >= 4 is 0 Å². The van der Waals surface area contributed by atoms with Crippen molar-refractivity contribution < 1.29 is 0 Å². The molecule has 0 aromatic rings. The lowest BCUT2D eigenvalue weighted by Crippen LogP contribution is -2.18. The van der Waals surface area contributed by atoms with E-state index >= 15 is 0 Å². The number of nitrogens with one attached hydrogen (secondary N) is 1. The van der Waals surface area contributed by atoms with Crippen LogP contribution in [0.2, 0.25) is 0 Å². The molecule has 1 N–H and O–H groups in total. The van der Waals surface area contributed by atoms with E-state index in [0.29, 0.717) is 0 Å². The Kier molecular flexibility index (Phi) is 2.52. The summed E-state index contributed by atoms with van der Waals surface area (Å²) in [5.41, 5.74) is 0. The first kappa shape index (κ1) is 7.07. The highest BCUT2D eigenvalue weighted by molar-refractivity contribution is 4.67. The maximum atomic E-state index is 3.43. The zero-order valence-corrected chi connectivity index (χ0v) is 6.48. The van der Waals surface area contributed by atoms with Crippen LogP contribution in [-0.4, -0.2) is 13.1 Å². The second-order valence-corrected chi connectivity index (χ2v) is 3.44. The Bertz CT molecular complexity index is 70.6. The molecule has 1 rings (SSSR count). The van der Waals surface area contributed by atoms with Gasteiger partial charge in [0.05, 0.1) is 0 Å². The van der Waals surface area contributed by atoms with Gasteiger partial charge < -0.3 is 5.32 Å². The lowest BCUT2D eigenvalue weighted by molar-refractivity contribution is 0.440. The smallest absolute Gasteiger partial charge is 0.00231 e. The highest BCUT2D eigenvalue weighted by atomic mass is 14.9. The van der Waals surface area contributed by atoms with Crippen molar-refractivity contribution in [1.82, 2.24) is 5.32 Å². The lowest BCUT2D eigenvalue weighted by atomic mass is 9.97. The van der Waals surface area contributed by atoms with Gasteiger partial charge in [0.15, 0.2) is 0 Å². The minimum Gasteiger partial charge on any atom is -0.316 e. The fraction of sp³-hybridized carbons (Fsp3) is 1.00.